The summed E-state index contributed by atoms with van der Waals surface area (Å²) in [5.41, 5.74) is 14.2. The quantitative estimate of drug-likeness (QED) is 0.0138. The molecule has 9 amide bonds. The number of rotatable bonds is 32. The van der Waals surface area contributed by atoms with Crippen LogP contribution in [0.3, 0.4) is 0 Å². The lowest BCUT2D eigenvalue weighted by molar-refractivity contribution is -0.136. The van der Waals surface area contributed by atoms with E-state index in [2.05, 4.69) is 42.2 Å². The number of aliphatic hydroxyl groups excluding tert-OH is 3. The lowest BCUT2D eigenvalue weighted by Crippen LogP contribution is -2.60. The second-order valence-corrected chi connectivity index (χ2v) is 19.1. The van der Waals surface area contributed by atoms with Crippen molar-refractivity contribution in [2.45, 2.75) is 127 Å². The SMILES string of the molecule is CC[C@H](C)[C@H](NC(=O)[C@H](C)NC(=O)[C@H](CC(N)=O)NC(=O)CNC(=O)[C@@H](NC(=O)[C@H](CCCN=C(N)N)NC(=O)[C@H](CCSC)NC=O)[C@@H](C)O)C(=O)NS(=O)(=O)OC[C@H]1O[C@@H](n2ccc(=O)[nH]c2=O)[C@H](O)[C@@H]1O. The van der Waals surface area contributed by atoms with Crippen molar-refractivity contribution in [2.75, 3.05) is 31.7 Å². The van der Waals surface area contributed by atoms with Gasteiger partial charge in [-0.25, -0.2) is 9.52 Å². The van der Waals surface area contributed by atoms with Gasteiger partial charge in [-0.3, -0.25) is 66.7 Å². The first-order valence-electron chi connectivity index (χ1n) is 22.7. The number of carbonyl (C=O) groups is 9. The number of thioether (sulfide) groups is 1. The Morgan fingerprint density at radius 1 is 0.878 bits per heavy atom. The minimum atomic E-state index is -5.03. The summed E-state index contributed by atoms with van der Waals surface area (Å²) in [6.07, 6.45) is -5.67. The number of hydrogen-bond acceptors (Lipinski definition) is 20. The molecule has 32 nitrogen and oxygen atoms in total. The minimum Gasteiger partial charge on any atom is -0.391 e. The lowest BCUT2D eigenvalue weighted by Gasteiger charge is -2.26. The zero-order valence-corrected chi connectivity index (χ0v) is 42.6. The summed E-state index contributed by atoms with van der Waals surface area (Å²) in [6.45, 7) is 3.46. The van der Waals surface area contributed by atoms with Gasteiger partial charge in [0.15, 0.2) is 12.2 Å². The number of nitrogens with one attached hydrogen (secondary N) is 9. The molecule has 1 aromatic rings. The molecule has 1 saturated heterocycles. The number of aromatic amines is 1. The van der Waals surface area contributed by atoms with Gasteiger partial charge < -0.3 is 74.5 Å². The van der Waals surface area contributed by atoms with Crippen LogP contribution in [0.25, 0.3) is 0 Å². The van der Waals surface area contributed by atoms with Crippen LogP contribution in [0.5, 0.6) is 0 Å². The van der Waals surface area contributed by atoms with Gasteiger partial charge in [-0.15, -0.1) is 0 Å². The van der Waals surface area contributed by atoms with Crippen LogP contribution in [-0.2, 0) is 62.4 Å². The van der Waals surface area contributed by atoms with Crippen LogP contribution in [0.1, 0.15) is 66.0 Å². The van der Waals surface area contributed by atoms with Crippen molar-refractivity contribution in [3.63, 3.8) is 0 Å². The van der Waals surface area contributed by atoms with Gasteiger partial charge in [0.25, 0.3) is 11.5 Å². The van der Waals surface area contributed by atoms with Crippen LogP contribution in [0, 0.1) is 5.92 Å². The first kappa shape index (κ1) is 63.4. The average Bonchev–Trinajstić information content (AvgIpc) is 3.60. The third kappa shape index (κ3) is 20.7. The number of nitrogens with zero attached hydrogens (tertiary/aromatic N) is 2. The fourth-order valence-electron chi connectivity index (χ4n) is 6.70. The summed E-state index contributed by atoms with van der Waals surface area (Å²) >= 11 is 1.40. The minimum absolute atomic E-state index is 0.0434. The van der Waals surface area contributed by atoms with Crippen molar-refractivity contribution >= 4 is 81.7 Å². The van der Waals surface area contributed by atoms with E-state index in [4.69, 9.17) is 26.1 Å². The molecule has 0 aliphatic carbocycles. The van der Waals surface area contributed by atoms with Crippen molar-refractivity contribution < 1.29 is 75.8 Å². The summed E-state index contributed by atoms with van der Waals surface area (Å²) in [7, 11) is -5.03. The molecule has 34 heteroatoms. The standard InChI is InChI=1S/C40H66N14O18S2/c1-6-18(2)28(37(67)53-74(69,70)71-16-24-30(60)31(61)38(72-24)54-12-9-26(58)50-40(54)68)51-32(62)19(3)47-35(65)23(14-25(41)57)48-27(59)15-45-36(66)29(20(4)56)52-34(64)22(8-7-11-44-39(42)43)49-33(63)21(46-17-55)10-13-73-5/h9,12,17-24,28-31,38,56,60-61H,6-8,10-11,13-16H2,1-5H3,(H2,41,57)(H,45,66)(H,46,55)(H,47,65)(H,48,59)(H,49,63)(H,51,62)(H,52,64)(H,53,67)(H4,42,43,44)(H,50,58,68)/t18-,19-,20+,21-,22-,23-,24+,28-,29-,30+,31+,38+/m0/s1. The van der Waals surface area contributed by atoms with Crippen molar-refractivity contribution in [1.29, 1.82) is 0 Å². The molecule has 1 aromatic heterocycles. The van der Waals surface area contributed by atoms with Gasteiger partial charge in [0, 0.05) is 18.8 Å². The van der Waals surface area contributed by atoms with E-state index in [-0.39, 0.29) is 38.2 Å². The molecule has 0 saturated carbocycles. The van der Waals surface area contributed by atoms with Gasteiger partial charge in [0.1, 0.15) is 54.6 Å². The lowest BCUT2D eigenvalue weighted by atomic mass is 9.98. The fraction of sp³-hybridized carbons (Fsp3) is 0.650. The maximum Gasteiger partial charge on any atom is 0.362 e. The third-order valence-electron chi connectivity index (χ3n) is 10.9. The molecule has 0 spiro atoms. The van der Waals surface area contributed by atoms with Crippen molar-refractivity contribution in [3.05, 3.63) is 33.1 Å². The van der Waals surface area contributed by atoms with E-state index in [0.29, 0.717) is 12.2 Å². The first-order chi connectivity index (χ1) is 34.7. The number of hydrogen-bond donors (Lipinski definition) is 15. The summed E-state index contributed by atoms with van der Waals surface area (Å²) in [4.78, 5) is 145. The molecule has 416 valence electrons. The Morgan fingerprint density at radius 2 is 1.51 bits per heavy atom. The molecule has 0 bridgehead atoms. The van der Waals surface area contributed by atoms with E-state index in [1.807, 2.05) is 4.98 Å². The molecule has 18 N–H and O–H groups in total. The molecule has 0 unspecified atom stereocenters. The predicted octanol–water partition coefficient (Wildman–Crippen LogP) is -8.68. The molecule has 1 aliphatic rings. The van der Waals surface area contributed by atoms with Gasteiger partial charge in [-0.05, 0) is 51.0 Å². The van der Waals surface area contributed by atoms with Crippen LogP contribution in [-0.4, -0.2) is 185 Å². The topological polar surface area (TPSA) is 508 Å². The average molecular weight is 1100 g/mol. The number of guanidine groups is 1. The number of ether oxygens (including phenoxy) is 1. The Balaban J connectivity index is 2.09. The van der Waals surface area contributed by atoms with E-state index in [1.165, 1.54) is 18.7 Å². The molecular formula is C40H66N14O18S2. The Kier molecular flexibility index (Phi) is 26.1. The molecule has 0 radical (unpaired) electrons. The van der Waals surface area contributed by atoms with Gasteiger partial charge in [0.05, 0.1) is 25.7 Å². The van der Waals surface area contributed by atoms with Crippen LogP contribution < -0.4 is 70.4 Å². The predicted molar refractivity (Wildman–Crippen MR) is 259 cm³/mol. The van der Waals surface area contributed by atoms with Crippen molar-refractivity contribution in [1.82, 2.24) is 51.5 Å². The zero-order chi connectivity index (χ0) is 56.0. The third-order valence-corrected chi connectivity index (χ3v) is 12.5. The maximum atomic E-state index is 13.5. The number of carbonyl (C=O) groups excluding carboxylic acids is 9. The second-order valence-electron chi connectivity index (χ2n) is 16.7. The van der Waals surface area contributed by atoms with E-state index < -0.39 is 161 Å². The number of nitrogens with two attached hydrogens (primary N) is 3. The summed E-state index contributed by atoms with van der Waals surface area (Å²) in [5.74, 6) is -9.10. The Bertz CT molecular complexity index is 2400. The number of aliphatic hydroxyl groups is 3. The second kappa shape index (κ2) is 30.5. The molecule has 1 fully saturated rings. The highest BCUT2D eigenvalue weighted by Gasteiger charge is 2.45. The molecule has 2 heterocycles. The van der Waals surface area contributed by atoms with Crippen molar-refractivity contribution in [2.24, 2.45) is 28.1 Å². The molecule has 2 rings (SSSR count). The highest BCUT2D eigenvalue weighted by Crippen LogP contribution is 2.28. The van der Waals surface area contributed by atoms with Crippen LogP contribution in [0.2, 0.25) is 0 Å². The monoisotopic (exact) mass is 1090 g/mol. The summed E-state index contributed by atoms with van der Waals surface area (Å²) < 4.78 is 38.2. The van der Waals surface area contributed by atoms with Gasteiger partial charge in [0.2, 0.25) is 47.8 Å². The number of H-pyrrole nitrogens is 1. The number of amides is 9. The fourth-order valence-corrected chi connectivity index (χ4v) is 7.92. The van der Waals surface area contributed by atoms with Gasteiger partial charge in [-0.2, -0.15) is 20.2 Å². The van der Waals surface area contributed by atoms with E-state index in [0.717, 1.165) is 30.7 Å². The number of aromatic nitrogens is 2. The van der Waals surface area contributed by atoms with Crippen LogP contribution in [0.4, 0.5) is 0 Å². The normalized spacial score (nSPS) is 19.5. The van der Waals surface area contributed by atoms with Crippen LogP contribution >= 0.6 is 11.8 Å². The maximum absolute atomic E-state index is 13.5. The number of primary amides is 1. The first-order valence-corrected chi connectivity index (χ1v) is 25.5. The van der Waals surface area contributed by atoms with E-state index >= 15 is 0 Å². The molecule has 74 heavy (non-hydrogen) atoms. The zero-order valence-electron chi connectivity index (χ0n) is 40.9. The van der Waals surface area contributed by atoms with Crippen molar-refractivity contribution in [3.8, 4) is 0 Å². The highest BCUT2D eigenvalue weighted by molar-refractivity contribution is 7.98. The smallest absolute Gasteiger partial charge is 0.362 e. The van der Waals surface area contributed by atoms with Gasteiger partial charge >= 0.3 is 16.0 Å². The van der Waals surface area contributed by atoms with E-state index in [9.17, 15) is 76.5 Å². The summed E-state index contributed by atoms with van der Waals surface area (Å²) in [6, 6.07) is -8.10. The van der Waals surface area contributed by atoms with Crippen LogP contribution in [0.15, 0.2) is 26.8 Å². The molecule has 0 aromatic carbocycles. The van der Waals surface area contributed by atoms with E-state index in [1.54, 1.807) is 17.9 Å². The molecule has 12 atom stereocenters. The Morgan fingerprint density at radius 3 is 2.09 bits per heavy atom. The Hall–Kier alpha value is -6.72. The molecule has 1 aliphatic heterocycles. The Labute approximate surface area is 427 Å². The summed E-state index contributed by atoms with van der Waals surface area (Å²) in [5, 5.41) is 47.4. The molecular weight excluding hydrogens is 1030 g/mol. The highest BCUT2D eigenvalue weighted by atomic mass is 32.2. The largest absolute Gasteiger partial charge is 0.391 e. The number of aliphatic imine (C=N–C) groups is 1. The van der Waals surface area contributed by atoms with Gasteiger partial charge in [-0.1, -0.05) is 20.3 Å².